The lowest BCUT2D eigenvalue weighted by Crippen LogP contribution is -2.24. The number of nitrogens with zero attached hydrogens (tertiary/aromatic N) is 1. The first-order chi connectivity index (χ1) is 12.4. The molecule has 26 heavy (non-hydrogen) atoms. The van der Waals surface area contributed by atoms with Crippen molar-refractivity contribution in [2.75, 3.05) is 13.7 Å². The summed E-state index contributed by atoms with van der Waals surface area (Å²) in [6, 6.07) is 7.41. The van der Waals surface area contributed by atoms with Gasteiger partial charge in [-0.05, 0) is 56.2 Å². The van der Waals surface area contributed by atoms with Gasteiger partial charge in [0.15, 0.2) is 11.5 Å². The second-order valence-corrected chi connectivity index (χ2v) is 6.72. The SMILES string of the molecule is CCOC(=O)/C(=C/c1ccc(OC)c2c1CC(C)(C)O2)c1ccncc1. The number of esters is 1. The summed E-state index contributed by atoms with van der Waals surface area (Å²) in [5, 5.41) is 0. The van der Waals surface area contributed by atoms with Gasteiger partial charge in [-0.1, -0.05) is 6.07 Å². The number of benzene rings is 1. The van der Waals surface area contributed by atoms with E-state index in [1.165, 1.54) is 0 Å². The van der Waals surface area contributed by atoms with Crippen LogP contribution in [-0.2, 0) is 16.0 Å². The maximum Gasteiger partial charge on any atom is 0.338 e. The van der Waals surface area contributed by atoms with Crippen molar-refractivity contribution in [2.24, 2.45) is 0 Å². The molecule has 0 saturated heterocycles. The number of carbonyl (C=O) groups excluding carboxylic acids is 1. The van der Waals surface area contributed by atoms with Crippen LogP contribution in [0.2, 0.25) is 0 Å². The molecule has 0 bridgehead atoms. The van der Waals surface area contributed by atoms with Crippen molar-refractivity contribution in [1.29, 1.82) is 0 Å². The summed E-state index contributed by atoms with van der Waals surface area (Å²) in [4.78, 5) is 16.6. The van der Waals surface area contributed by atoms with Crippen LogP contribution in [0.15, 0.2) is 36.7 Å². The van der Waals surface area contributed by atoms with E-state index in [0.717, 1.165) is 28.9 Å². The molecular weight excluding hydrogens is 330 g/mol. The number of rotatable bonds is 5. The van der Waals surface area contributed by atoms with Crippen LogP contribution in [0, 0.1) is 0 Å². The number of ether oxygens (including phenoxy) is 3. The summed E-state index contributed by atoms with van der Waals surface area (Å²) >= 11 is 0. The molecule has 0 atom stereocenters. The van der Waals surface area contributed by atoms with Crippen LogP contribution in [0.1, 0.15) is 37.5 Å². The average Bonchev–Trinajstić information content (AvgIpc) is 2.95. The molecule has 1 aliphatic rings. The Kier molecular flexibility index (Phi) is 4.98. The molecule has 1 aromatic carbocycles. The molecule has 0 fully saturated rings. The number of methoxy groups -OCH3 is 1. The number of hydrogen-bond acceptors (Lipinski definition) is 5. The molecule has 3 rings (SSSR count). The monoisotopic (exact) mass is 353 g/mol. The van der Waals surface area contributed by atoms with Crippen LogP contribution in [0.4, 0.5) is 0 Å². The topological polar surface area (TPSA) is 57.7 Å². The molecule has 1 aromatic heterocycles. The van der Waals surface area contributed by atoms with E-state index < -0.39 is 0 Å². The number of carbonyl (C=O) groups is 1. The minimum absolute atomic E-state index is 0.318. The third-order valence-electron chi connectivity index (χ3n) is 4.25. The molecule has 1 aliphatic heterocycles. The normalized spacial score (nSPS) is 15.2. The van der Waals surface area contributed by atoms with E-state index in [9.17, 15) is 4.79 Å². The summed E-state index contributed by atoms with van der Waals surface area (Å²) in [5.74, 6) is 1.08. The zero-order valence-corrected chi connectivity index (χ0v) is 15.5. The number of fused-ring (bicyclic) bond motifs is 1. The lowest BCUT2D eigenvalue weighted by molar-refractivity contribution is -0.136. The fraction of sp³-hybridized carbons (Fsp3) is 0.333. The Hall–Kier alpha value is -2.82. The van der Waals surface area contributed by atoms with Crippen LogP contribution in [-0.4, -0.2) is 30.3 Å². The minimum atomic E-state index is -0.360. The highest BCUT2D eigenvalue weighted by molar-refractivity contribution is 6.21. The molecule has 2 heterocycles. The molecule has 0 aliphatic carbocycles. The Morgan fingerprint density at radius 3 is 2.65 bits per heavy atom. The molecule has 0 N–H and O–H groups in total. The van der Waals surface area contributed by atoms with Crippen molar-refractivity contribution in [3.63, 3.8) is 0 Å². The summed E-state index contributed by atoms with van der Waals surface area (Å²) < 4.78 is 16.8. The Bertz CT molecular complexity index is 841. The lowest BCUT2D eigenvalue weighted by atomic mass is 9.94. The van der Waals surface area contributed by atoms with Gasteiger partial charge in [-0.25, -0.2) is 4.79 Å². The van der Waals surface area contributed by atoms with Gasteiger partial charge in [-0.2, -0.15) is 0 Å². The van der Waals surface area contributed by atoms with Gasteiger partial charge in [0.1, 0.15) is 5.60 Å². The number of aromatic nitrogens is 1. The van der Waals surface area contributed by atoms with Crippen molar-refractivity contribution in [2.45, 2.75) is 32.8 Å². The summed E-state index contributed by atoms with van der Waals surface area (Å²) in [6.45, 7) is 6.19. The van der Waals surface area contributed by atoms with Gasteiger partial charge in [0.2, 0.25) is 0 Å². The molecule has 0 saturated carbocycles. The van der Waals surface area contributed by atoms with Gasteiger partial charge in [-0.3, -0.25) is 4.98 Å². The van der Waals surface area contributed by atoms with E-state index in [2.05, 4.69) is 4.98 Å². The zero-order chi connectivity index (χ0) is 18.7. The fourth-order valence-corrected chi connectivity index (χ4v) is 3.11. The average molecular weight is 353 g/mol. The molecular formula is C21H23NO4. The molecule has 2 aromatic rings. The third-order valence-corrected chi connectivity index (χ3v) is 4.25. The summed E-state index contributed by atoms with van der Waals surface area (Å²) in [6.07, 6.45) is 5.91. The maximum atomic E-state index is 12.5. The van der Waals surface area contributed by atoms with Crippen molar-refractivity contribution in [3.8, 4) is 11.5 Å². The molecule has 0 unspecified atom stereocenters. The Labute approximate surface area is 153 Å². The number of pyridine rings is 1. The van der Waals surface area contributed by atoms with Crippen LogP contribution in [0.5, 0.6) is 11.5 Å². The first-order valence-electron chi connectivity index (χ1n) is 8.63. The predicted molar refractivity (Wildman–Crippen MR) is 100 cm³/mol. The van der Waals surface area contributed by atoms with Crippen molar-refractivity contribution >= 4 is 17.6 Å². The van der Waals surface area contributed by atoms with Crippen molar-refractivity contribution < 1.29 is 19.0 Å². The third kappa shape index (κ3) is 3.57. The largest absolute Gasteiger partial charge is 0.493 e. The van der Waals surface area contributed by atoms with Crippen molar-refractivity contribution in [1.82, 2.24) is 4.98 Å². The molecule has 0 amide bonds. The second kappa shape index (κ2) is 7.20. The molecule has 0 radical (unpaired) electrons. The Balaban J connectivity index is 2.12. The lowest BCUT2D eigenvalue weighted by Gasteiger charge is -2.17. The first kappa shape index (κ1) is 18.0. The summed E-state index contributed by atoms with van der Waals surface area (Å²) in [5.41, 5.74) is 2.89. The van der Waals surface area contributed by atoms with E-state index >= 15 is 0 Å². The highest BCUT2D eigenvalue weighted by atomic mass is 16.5. The van der Waals surface area contributed by atoms with Gasteiger partial charge in [0, 0.05) is 24.4 Å². The van der Waals surface area contributed by atoms with Gasteiger partial charge in [0.25, 0.3) is 0 Å². The van der Waals surface area contributed by atoms with Gasteiger partial charge < -0.3 is 14.2 Å². The molecule has 136 valence electrons. The summed E-state index contributed by atoms with van der Waals surface area (Å²) in [7, 11) is 1.63. The molecule has 5 nitrogen and oxygen atoms in total. The highest BCUT2D eigenvalue weighted by Crippen LogP contribution is 2.44. The van der Waals surface area contributed by atoms with E-state index in [-0.39, 0.29) is 11.6 Å². The fourth-order valence-electron chi connectivity index (χ4n) is 3.11. The quantitative estimate of drug-likeness (QED) is 0.602. The van der Waals surface area contributed by atoms with E-state index in [1.807, 2.05) is 32.1 Å². The van der Waals surface area contributed by atoms with Crippen LogP contribution in [0.25, 0.3) is 11.6 Å². The van der Waals surface area contributed by atoms with Crippen LogP contribution < -0.4 is 9.47 Å². The zero-order valence-electron chi connectivity index (χ0n) is 15.5. The molecule has 0 spiro atoms. The van der Waals surface area contributed by atoms with E-state index in [1.54, 1.807) is 38.6 Å². The Morgan fingerprint density at radius 1 is 1.27 bits per heavy atom. The van der Waals surface area contributed by atoms with E-state index in [0.29, 0.717) is 17.9 Å². The van der Waals surface area contributed by atoms with Crippen molar-refractivity contribution in [3.05, 3.63) is 53.3 Å². The van der Waals surface area contributed by atoms with Crippen LogP contribution >= 0.6 is 0 Å². The minimum Gasteiger partial charge on any atom is -0.493 e. The second-order valence-electron chi connectivity index (χ2n) is 6.72. The number of hydrogen-bond donors (Lipinski definition) is 0. The smallest absolute Gasteiger partial charge is 0.338 e. The van der Waals surface area contributed by atoms with E-state index in [4.69, 9.17) is 14.2 Å². The first-order valence-corrected chi connectivity index (χ1v) is 8.63. The maximum absolute atomic E-state index is 12.5. The van der Waals surface area contributed by atoms with Gasteiger partial charge in [0.05, 0.1) is 19.3 Å². The standard InChI is InChI=1S/C21H23NO4/c1-5-25-20(23)16(14-8-10-22-11-9-14)12-15-6-7-18(24-4)19-17(15)13-21(2,3)26-19/h6-12H,5,13H2,1-4H3/b16-12+. The predicted octanol–water partition coefficient (Wildman–Crippen LogP) is 3.91. The highest BCUT2D eigenvalue weighted by Gasteiger charge is 2.34. The van der Waals surface area contributed by atoms with Gasteiger partial charge >= 0.3 is 5.97 Å². The van der Waals surface area contributed by atoms with Gasteiger partial charge in [-0.15, -0.1) is 0 Å². The molecule has 5 heteroatoms. The van der Waals surface area contributed by atoms with Crippen LogP contribution in [0.3, 0.4) is 0 Å². The Morgan fingerprint density at radius 2 is 2.00 bits per heavy atom.